The third kappa shape index (κ3) is 3.91. The van der Waals surface area contributed by atoms with Gasteiger partial charge in [0.05, 0.1) is 5.56 Å². The predicted octanol–water partition coefficient (Wildman–Crippen LogP) is 2.34. The normalized spacial score (nSPS) is 17.7. The number of nitrogens with one attached hydrogen (secondary N) is 1. The average Bonchev–Trinajstić information content (AvgIpc) is 2.40. The van der Waals surface area contributed by atoms with Crippen molar-refractivity contribution in [3.63, 3.8) is 0 Å². The summed E-state index contributed by atoms with van der Waals surface area (Å²) in [5.74, 6) is -0.0628. The van der Waals surface area contributed by atoms with Gasteiger partial charge in [0.2, 0.25) is 0 Å². The second-order valence-electron chi connectivity index (χ2n) is 5.25. The summed E-state index contributed by atoms with van der Waals surface area (Å²) in [6.07, 6.45) is 3.52. The van der Waals surface area contributed by atoms with Crippen LogP contribution in [0.15, 0.2) is 18.3 Å². The van der Waals surface area contributed by atoms with Gasteiger partial charge in [-0.25, -0.2) is 4.98 Å². The molecule has 0 aliphatic carbocycles. The Morgan fingerprint density at radius 1 is 1.42 bits per heavy atom. The SMILES string of the molecule is CC(C)N1CCC(NC(=O)c2ccc(Cl)nc2)CC1. The van der Waals surface area contributed by atoms with Crippen LogP contribution in [0, 0.1) is 0 Å². The molecule has 1 saturated heterocycles. The highest BCUT2D eigenvalue weighted by Gasteiger charge is 2.22. The molecule has 4 nitrogen and oxygen atoms in total. The molecule has 1 aliphatic rings. The summed E-state index contributed by atoms with van der Waals surface area (Å²) in [5, 5.41) is 3.47. The number of nitrogens with zero attached hydrogens (tertiary/aromatic N) is 2. The van der Waals surface area contributed by atoms with Crippen LogP contribution in [0.1, 0.15) is 37.0 Å². The maximum Gasteiger partial charge on any atom is 0.253 e. The number of rotatable bonds is 3. The van der Waals surface area contributed by atoms with Crippen LogP contribution in [0.25, 0.3) is 0 Å². The Hall–Kier alpha value is -1.13. The van der Waals surface area contributed by atoms with E-state index in [4.69, 9.17) is 11.6 Å². The van der Waals surface area contributed by atoms with E-state index in [2.05, 4.69) is 29.0 Å². The molecule has 19 heavy (non-hydrogen) atoms. The molecule has 0 saturated carbocycles. The largest absolute Gasteiger partial charge is 0.349 e. The highest BCUT2D eigenvalue weighted by Crippen LogP contribution is 2.14. The lowest BCUT2D eigenvalue weighted by Gasteiger charge is -2.34. The molecule has 1 fully saturated rings. The number of carbonyl (C=O) groups is 1. The molecule has 5 heteroatoms. The molecule has 2 heterocycles. The minimum atomic E-state index is -0.0628. The maximum atomic E-state index is 12.0. The van der Waals surface area contributed by atoms with Crippen LogP contribution in [0.5, 0.6) is 0 Å². The predicted molar refractivity (Wildman–Crippen MR) is 76.4 cm³/mol. The molecule has 0 unspecified atom stereocenters. The number of hydrogen-bond acceptors (Lipinski definition) is 3. The summed E-state index contributed by atoms with van der Waals surface area (Å²) < 4.78 is 0. The van der Waals surface area contributed by atoms with Crippen molar-refractivity contribution in [2.75, 3.05) is 13.1 Å². The molecule has 0 atom stereocenters. The number of hydrogen-bond donors (Lipinski definition) is 1. The first-order valence-electron chi connectivity index (χ1n) is 6.72. The van der Waals surface area contributed by atoms with Crippen LogP contribution in [0.3, 0.4) is 0 Å². The van der Waals surface area contributed by atoms with Crippen molar-refractivity contribution in [2.45, 2.75) is 38.8 Å². The van der Waals surface area contributed by atoms with Crippen LogP contribution in [0.4, 0.5) is 0 Å². The molecule has 0 radical (unpaired) electrons. The second kappa shape index (κ2) is 6.35. The molecule has 1 amide bonds. The summed E-state index contributed by atoms with van der Waals surface area (Å²) >= 11 is 5.71. The van der Waals surface area contributed by atoms with E-state index in [1.165, 1.54) is 6.20 Å². The van der Waals surface area contributed by atoms with Gasteiger partial charge >= 0.3 is 0 Å². The van der Waals surface area contributed by atoms with Gasteiger partial charge in [-0.15, -0.1) is 0 Å². The zero-order valence-corrected chi connectivity index (χ0v) is 12.2. The van der Waals surface area contributed by atoms with Gasteiger partial charge in [-0.3, -0.25) is 4.79 Å². The Kier molecular flexibility index (Phi) is 4.77. The topological polar surface area (TPSA) is 45.2 Å². The van der Waals surface area contributed by atoms with E-state index in [1.54, 1.807) is 12.1 Å². The van der Waals surface area contributed by atoms with Gasteiger partial charge in [0.25, 0.3) is 5.91 Å². The first kappa shape index (κ1) is 14.3. The molecule has 1 aromatic rings. The number of aromatic nitrogens is 1. The Morgan fingerprint density at radius 3 is 2.63 bits per heavy atom. The summed E-state index contributed by atoms with van der Waals surface area (Å²) in [4.78, 5) is 18.4. The van der Waals surface area contributed by atoms with Crippen LogP contribution < -0.4 is 5.32 Å². The van der Waals surface area contributed by atoms with Gasteiger partial charge in [-0.1, -0.05) is 11.6 Å². The fourth-order valence-corrected chi connectivity index (χ4v) is 2.45. The summed E-state index contributed by atoms with van der Waals surface area (Å²) in [6, 6.07) is 4.18. The highest BCUT2D eigenvalue weighted by molar-refractivity contribution is 6.29. The van der Waals surface area contributed by atoms with E-state index in [0.29, 0.717) is 16.8 Å². The van der Waals surface area contributed by atoms with E-state index in [1.807, 2.05) is 0 Å². The summed E-state index contributed by atoms with van der Waals surface area (Å²) in [6.45, 7) is 6.50. The molecular weight excluding hydrogens is 262 g/mol. The van der Waals surface area contributed by atoms with Gasteiger partial charge < -0.3 is 10.2 Å². The monoisotopic (exact) mass is 281 g/mol. The van der Waals surface area contributed by atoms with Gasteiger partial charge in [0.15, 0.2) is 0 Å². The first-order chi connectivity index (χ1) is 9.06. The molecule has 0 bridgehead atoms. The van der Waals surface area contributed by atoms with Crippen LogP contribution in [-0.4, -0.2) is 41.0 Å². The third-order valence-corrected chi connectivity index (χ3v) is 3.81. The van der Waals surface area contributed by atoms with Gasteiger partial charge in [0.1, 0.15) is 5.15 Å². The third-order valence-electron chi connectivity index (χ3n) is 3.58. The minimum absolute atomic E-state index is 0.0628. The van der Waals surface area contributed by atoms with E-state index >= 15 is 0 Å². The lowest BCUT2D eigenvalue weighted by molar-refractivity contribution is 0.0900. The summed E-state index contributed by atoms with van der Waals surface area (Å²) in [5.41, 5.74) is 0.565. The quantitative estimate of drug-likeness (QED) is 0.865. The van der Waals surface area contributed by atoms with Crippen molar-refractivity contribution in [3.05, 3.63) is 29.0 Å². The fraction of sp³-hybridized carbons (Fsp3) is 0.571. The van der Waals surface area contributed by atoms with Crippen molar-refractivity contribution >= 4 is 17.5 Å². The first-order valence-corrected chi connectivity index (χ1v) is 7.10. The zero-order chi connectivity index (χ0) is 13.8. The van der Waals surface area contributed by atoms with Crippen molar-refractivity contribution < 1.29 is 4.79 Å². The van der Waals surface area contributed by atoms with Gasteiger partial charge in [0, 0.05) is 31.4 Å². The molecule has 1 aromatic heterocycles. The van der Waals surface area contributed by atoms with Crippen molar-refractivity contribution in [1.82, 2.24) is 15.2 Å². The Balaban J connectivity index is 1.85. The lowest BCUT2D eigenvalue weighted by Crippen LogP contribution is -2.46. The van der Waals surface area contributed by atoms with Crippen molar-refractivity contribution in [1.29, 1.82) is 0 Å². The van der Waals surface area contributed by atoms with Crippen LogP contribution >= 0.6 is 11.6 Å². The van der Waals surface area contributed by atoms with Crippen molar-refractivity contribution in [2.24, 2.45) is 0 Å². The van der Waals surface area contributed by atoms with Crippen LogP contribution in [-0.2, 0) is 0 Å². The molecular formula is C14H20ClN3O. The number of amides is 1. The standard InChI is InChI=1S/C14H20ClN3O/c1-10(2)18-7-5-12(6-8-18)17-14(19)11-3-4-13(15)16-9-11/h3-4,9-10,12H,5-8H2,1-2H3,(H,17,19). The Morgan fingerprint density at radius 2 is 2.11 bits per heavy atom. The smallest absolute Gasteiger partial charge is 0.253 e. The van der Waals surface area contributed by atoms with E-state index in [-0.39, 0.29) is 11.9 Å². The number of piperidine rings is 1. The lowest BCUT2D eigenvalue weighted by atomic mass is 10.0. The number of carbonyl (C=O) groups excluding carboxylic acids is 1. The van der Waals surface area contributed by atoms with Crippen LogP contribution in [0.2, 0.25) is 5.15 Å². The Bertz CT molecular complexity index is 425. The number of likely N-dealkylation sites (tertiary alicyclic amines) is 1. The second-order valence-corrected chi connectivity index (χ2v) is 5.63. The Labute approximate surface area is 119 Å². The van der Waals surface area contributed by atoms with E-state index < -0.39 is 0 Å². The van der Waals surface area contributed by atoms with Crippen molar-refractivity contribution in [3.8, 4) is 0 Å². The highest BCUT2D eigenvalue weighted by atomic mass is 35.5. The molecule has 104 valence electrons. The number of halogens is 1. The molecule has 0 aromatic carbocycles. The molecule has 2 rings (SSSR count). The van der Waals surface area contributed by atoms with Gasteiger partial charge in [-0.05, 0) is 38.8 Å². The fourth-order valence-electron chi connectivity index (χ4n) is 2.34. The molecule has 0 spiro atoms. The summed E-state index contributed by atoms with van der Waals surface area (Å²) in [7, 11) is 0. The van der Waals surface area contributed by atoms with E-state index in [9.17, 15) is 4.79 Å². The average molecular weight is 282 g/mol. The maximum absolute atomic E-state index is 12.0. The minimum Gasteiger partial charge on any atom is -0.349 e. The number of pyridine rings is 1. The van der Waals surface area contributed by atoms with E-state index in [0.717, 1.165) is 25.9 Å². The molecule has 1 N–H and O–H groups in total. The molecule has 1 aliphatic heterocycles. The zero-order valence-electron chi connectivity index (χ0n) is 11.4. The van der Waals surface area contributed by atoms with Gasteiger partial charge in [-0.2, -0.15) is 0 Å².